The van der Waals surface area contributed by atoms with Gasteiger partial charge >= 0.3 is 0 Å². The van der Waals surface area contributed by atoms with Gasteiger partial charge in [-0.3, -0.25) is 0 Å². The van der Waals surface area contributed by atoms with Gasteiger partial charge in [0, 0.05) is 5.92 Å². The molecule has 0 aromatic heterocycles. The number of aryl methyl sites for hydroxylation is 1. The highest BCUT2D eigenvalue weighted by atomic mass is 14.3. The summed E-state index contributed by atoms with van der Waals surface area (Å²) >= 11 is 0. The Morgan fingerprint density at radius 2 is 1.54 bits per heavy atom. The summed E-state index contributed by atoms with van der Waals surface area (Å²) in [5.41, 5.74) is 3.02. The van der Waals surface area contributed by atoms with Crippen LogP contribution in [0, 0.1) is 17.8 Å². The summed E-state index contributed by atoms with van der Waals surface area (Å²) in [7, 11) is 0. The Morgan fingerprint density at radius 3 is 2.15 bits per heavy atom. The minimum atomic E-state index is 0.660. The third-order valence-electron chi connectivity index (χ3n) is 7.06. The van der Waals surface area contributed by atoms with Crippen molar-refractivity contribution >= 4 is 0 Å². The van der Waals surface area contributed by atoms with Crippen LogP contribution in [0.25, 0.3) is 0 Å². The van der Waals surface area contributed by atoms with Crippen molar-refractivity contribution in [1.29, 1.82) is 0 Å². The molecule has 2 aliphatic carbocycles. The van der Waals surface area contributed by atoms with Crippen LogP contribution in [0.5, 0.6) is 0 Å². The van der Waals surface area contributed by atoms with Crippen molar-refractivity contribution in [2.24, 2.45) is 17.8 Å². The molecule has 1 aromatic carbocycles. The minimum Gasteiger partial charge on any atom is -0.0845 e. The molecule has 1 fully saturated rings. The van der Waals surface area contributed by atoms with Crippen LogP contribution in [0.1, 0.15) is 102 Å². The standard InChI is InChI=1S/C26H40/c1-3-5-6-8-22-11-15-24(16-12-22)26-19-17-25(18-20-26)23-13-9-21(7-4-2)10-14-23/h9-10,13-14,17,19,22,24-26H,3-8,11-12,15-16,18,20H2,1-2H3/t22?,24?,25-,26-/m0/s1. The summed E-state index contributed by atoms with van der Waals surface area (Å²) in [5, 5.41) is 0. The largest absolute Gasteiger partial charge is 0.0845 e. The Hall–Kier alpha value is -1.04. The molecule has 1 saturated carbocycles. The fourth-order valence-corrected chi connectivity index (χ4v) is 5.32. The predicted octanol–water partition coefficient (Wildman–Crippen LogP) is 8.08. The Kier molecular flexibility index (Phi) is 7.84. The average molecular weight is 353 g/mol. The van der Waals surface area contributed by atoms with Gasteiger partial charge in [0.2, 0.25) is 0 Å². The topological polar surface area (TPSA) is 0 Å². The zero-order valence-electron chi connectivity index (χ0n) is 17.3. The maximum absolute atomic E-state index is 2.59. The lowest BCUT2D eigenvalue weighted by Crippen LogP contribution is -2.23. The normalized spacial score (nSPS) is 29.0. The molecule has 0 spiro atoms. The summed E-state index contributed by atoms with van der Waals surface area (Å²) in [6.45, 7) is 4.58. The predicted molar refractivity (Wildman–Crippen MR) is 115 cm³/mol. The van der Waals surface area contributed by atoms with Crippen LogP contribution in [0.3, 0.4) is 0 Å². The van der Waals surface area contributed by atoms with Gasteiger partial charge < -0.3 is 0 Å². The Morgan fingerprint density at radius 1 is 0.769 bits per heavy atom. The van der Waals surface area contributed by atoms with Gasteiger partial charge in [-0.2, -0.15) is 0 Å². The van der Waals surface area contributed by atoms with Crippen molar-refractivity contribution in [3.05, 3.63) is 47.5 Å². The molecule has 0 nitrogen and oxygen atoms in total. The molecule has 3 rings (SSSR count). The Bertz CT molecular complexity index is 530. The summed E-state index contributed by atoms with van der Waals surface area (Å²) in [4.78, 5) is 0. The molecule has 0 bridgehead atoms. The first-order chi connectivity index (χ1) is 12.8. The summed E-state index contributed by atoms with van der Waals surface area (Å²) in [6.07, 6.45) is 22.1. The smallest absolute Gasteiger partial charge is 0.00182 e. The van der Waals surface area contributed by atoms with Gasteiger partial charge in [0.25, 0.3) is 0 Å². The quantitative estimate of drug-likeness (QED) is 0.327. The molecule has 2 aliphatic rings. The number of hydrogen-bond donors (Lipinski definition) is 0. The molecule has 0 amide bonds. The monoisotopic (exact) mass is 352 g/mol. The van der Waals surface area contributed by atoms with Gasteiger partial charge in [0.1, 0.15) is 0 Å². The van der Waals surface area contributed by atoms with Crippen LogP contribution in [0.15, 0.2) is 36.4 Å². The highest BCUT2D eigenvalue weighted by Crippen LogP contribution is 2.41. The molecule has 2 atom stereocenters. The van der Waals surface area contributed by atoms with Crippen molar-refractivity contribution < 1.29 is 0 Å². The lowest BCUT2D eigenvalue weighted by Gasteiger charge is -2.35. The van der Waals surface area contributed by atoms with Crippen LogP contribution in [-0.2, 0) is 6.42 Å². The maximum Gasteiger partial charge on any atom is 0.00182 e. The minimum absolute atomic E-state index is 0.660. The van der Waals surface area contributed by atoms with E-state index in [0.29, 0.717) is 5.92 Å². The highest BCUT2D eigenvalue weighted by Gasteiger charge is 2.28. The van der Waals surface area contributed by atoms with E-state index in [0.717, 1.165) is 17.8 Å². The van der Waals surface area contributed by atoms with E-state index in [-0.39, 0.29) is 0 Å². The van der Waals surface area contributed by atoms with Gasteiger partial charge in [0.05, 0.1) is 0 Å². The van der Waals surface area contributed by atoms with Crippen molar-refractivity contribution in [3.63, 3.8) is 0 Å². The second-order valence-corrected chi connectivity index (χ2v) is 9.00. The zero-order chi connectivity index (χ0) is 18.2. The number of rotatable bonds is 8. The van der Waals surface area contributed by atoms with Crippen LogP contribution in [0.2, 0.25) is 0 Å². The van der Waals surface area contributed by atoms with Crippen LogP contribution < -0.4 is 0 Å². The lowest BCUT2D eigenvalue weighted by atomic mass is 9.70. The lowest BCUT2D eigenvalue weighted by molar-refractivity contribution is 0.207. The molecular weight excluding hydrogens is 312 g/mol. The second-order valence-electron chi connectivity index (χ2n) is 9.00. The maximum atomic E-state index is 2.59. The van der Waals surface area contributed by atoms with Gasteiger partial charge in [0.15, 0.2) is 0 Å². The average Bonchev–Trinajstić information content (AvgIpc) is 2.70. The molecule has 0 N–H and O–H groups in total. The molecule has 0 radical (unpaired) electrons. The first kappa shape index (κ1) is 19.7. The molecule has 0 aliphatic heterocycles. The fourth-order valence-electron chi connectivity index (χ4n) is 5.32. The molecule has 26 heavy (non-hydrogen) atoms. The first-order valence-corrected chi connectivity index (χ1v) is 11.6. The zero-order valence-corrected chi connectivity index (χ0v) is 17.3. The molecule has 0 heterocycles. The summed E-state index contributed by atoms with van der Waals surface area (Å²) in [6, 6.07) is 9.45. The third-order valence-corrected chi connectivity index (χ3v) is 7.06. The molecule has 0 heteroatoms. The van der Waals surface area contributed by atoms with Crippen molar-refractivity contribution in [2.45, 2.75) is 96.8 Å². The number of unbranched alkanes of at least 4 members (excludes halogenated alkanes) is 2. The molecule has 1 aromatic rings. The first-order valence-electron chi connectivity index (χ1n) is 11.6. The number of allylic oxidation sites excluding steroid dienone is 2. The van der Waals surface area contributed by atoms with Gasteiger partial charge in [-0.05, 0) is 61.0 Å². The molecule has 144 valence electrons. The van der Waals surface area contributed by atoms with Gasteiger partial charge in [-0.25, -0.2) is 0 Å². The SMILES string of the molecule is CCCCCC1CCC([C@H]2C=C[C@H](c3ccc(CCC)cc3)CC2)CC1. The Balaban J connectivity index is 1.46. The van der Waals surface area contributed by atoms with Crippen molar-refractivity contribution in [2.75, 3.05) is 0 Å². The number of hydrogen-bond acceptors (Lipinski definition) is 0. The van der Waals surface area contributed by atoms with E-state index in [1.165, 1.54) is 88.2 Å². The molecule has 0 saturated heterocycles. The van der Waals surface area contributed by atoms with E-state index >= 15 is 0 Å². The van der Waals surface area contributed by atoms with E-state index in [1.807, 2.05) is 0 Å². The Labute approximate surface area is 162 Å². The number of benzene rings is 1. The molecule has 0 unspecified atom stereocenters. The van der Waals surface area contributed by atoms with E-state index < -0.39 is 0 Å². The second kappa shape index (κ2) is 10.3. The van der Waals surface area contributed by atoms with Crippen LogP contribution in [-0.4, -0.2) is 0 Å². The van der Waals surface area contributed by atoms with E-state index in [1.54, 1.807) is 0 Å². The third kappa shape index (κ3) is 5.48. The summed E-state index contributed by atoms with van der Waals surface area (Å²) < 4.78 is 0. The molecular formula is C26H40. The van der Waals surface area contributed by atoms with Crippen molar-refractivity contribution in [3.8, 4) is 0 Å². The van der Waals surface area contributed by atoms with E-state index in [4.69, 9.17) is 0 Å². The van der Waals surface area contributed by atoms with Crippen LogP contribution >= 0.6 is 0 Å². The van der Waals surface area contributed by atoms with E-state index in [9.17, 15) is 0 Å². The van der Waals surface area contributed by atoms with Crippen LogP contribution in [0.4, 0.5) is 0 Å². The summed E-state index contributed by atoms with van der Waals surface area (Å²) in [5.74, 6) is 3.54. The van der Waals surface area contributed by atoms with Crippen molar-refractivity contribution in [1.82, 2.24) is 0 Å². The van der Waals surface area contributed by atoms with Gasteiger partial charge in [-0.15, -0.1) is 0 Å². The highest BCUT2D eigenvalue weighted by molar-refractivity contribution is 5.29. The fraction of sp³-hybridized carbons (Fsp3) is 0.692. The van der Waals surface area contributed by atoms with Gasteiger partial charge in [-0.1, -0.05) is 95.2 Å². The van der Waals surface area contributed by atoms with E-state index in [2.05, 4.69) is 50.3 Å².